The lowest BCUT2D eigenvalue weighted by Gasteiger charge is -2.09. The van der Waals surface area contributed by atoms with E-state index in [0.29, 0.717) is 17.4 Å². The predicted molar refractivity (Wildman–Crippen MR) is 53.3 cm³/mol. The standard InChI is InChI=1S/C10H13ClO2/c1-3-13-10-5-4-8(7(2)12)6-9(10)11/h4-7,12H,3H2,1-2H3/t7-/m1/s1. The van der Waals surface area contributed by atoms with Gasteiger partial charge in [-0.25, -0.2) is 0 Å². The molecule has 72 valence electrons. The molecular weight excluding hydrogens is 188 g/mol. The summed E-state index contributed by atoms with van der Waals surface area (Å²) in [6, 6.07) is 5.30. The topological polar surface area (TPSA) is 29.5 Å². The third-order valence-electron chi connectivity index (χ3n) is 1.74. The molecule has 0 aliphatic heterocycles. The van der Waals surface area contributed by atoms with Gasteiger partial charge in [0, 0.05) is 0 Å². The maximum Gasteiger partial charge on any atom is 0.137 e. The lowest BCUT2D eigenvalue weighted by atomic mass is 10.1. The Morgan fingerprint density at radius 1 is 1.54 bits per heavy atom. The van der Waals surface area contributed by atoms with Gasteiger partial charge in [-0.2, -0.15) is 0 Å². The van der Waals surface area contributed by atoms with Crippen LogP contribution in [0.2, 0.25) is 5.02 Å². The monoisotopic (exact) mass is 200 g/mol. The van der Waals surface area contributed by atoms with Gasteiger partial charge >= 0.3 is 0 Å². The maximum absolute atomic E-state index is 9.27. The van der Waals surface area contributed by atoms with Crippen molar-refractivity contribution in [1.82, 2.24) is 0 Å². The van der Waals surface area contributed by atoms with Crippen LogP contribution < -0.4 is 4.74 Å². The Labute approximate surface area is 83.1 Å². The van der Waals surface area contributed by atoms with E-state index in [-0.39, 0.29) is 0 Å². The SMILES string of the molecule is CCOc1ccc([C@@H](C)O)cc1Cl. The second-order valence-corrected chi connectivity index (χ2v) is 3.21. The fraction of sp³-hybridized carbons (Fsp3) is 0.400. The Morgan fingerprint density at radius 3 is 2.69 bits per heavy atom. The van der Waals surface area contributed by atoms with E-state index in [1.807, 2.05) is 13.0 Å². The molecule has 0 aromatic heterocycles. The summed E-state index contributed by atoms with van der Waals surface area (Å²) in [5.74, 6) is 0.661. The molecule has 0 heterocycles. The zero-order valence-corrected chi connectivity index (χ0v) is 8.51. The van der Waals surface area contributed by atoms with Crippen LogP contribution in [0.1, 0.15) is 25.5 Å². The molecule has 0 aliphatic rings. The molecule has 2 nitrogen and oxygen atoms in total. The quantitative estimate of drug-likeness (QED) is 0.813. The van der Waals surface area contributed by atoms with E-state index in [1.165, 1.54) is 0 Å². The van der Waals surface area contributed by atoms with E-state index in [0.717, 1.165) is 5.56 Å². The normalized spacial score (nSPS) is 12.6. The van der Waals surface area contributed by atoms with E-state index in [2.05, 4.69) is 0 Å². The van der Waals surface area contributed by atoms with Crippen LogP contribution in [-0.2, 0) is 0 Å². The van der Waals surface area contributed by atoms with Crippen molar-refractivity contribution in [2.45, 2.75) is 20.0 Å². The van der Waals surface area contributed by atoms with Crippen molar-refractivity contribution in [2.75, 3.05) is 6.61 Å². The van der Waals surface area contributed by atoms with Gasteiger partial charge in [-0.05, 0) is 31.5 Å². The number of ether oxygens (including phenoxy) is 1. The highest BCUT2D eigenvalue weighted by atomic mass is 35.5. The van der Waals surface area contributed by atoms with Gasteiger partial charge in [-0.3, -0.25) is 0 Å². The molecule has 0 unspecified atom stereocenters. The number of rotatable bonds is 3. The number of halogens is 1. The molecule has 3 heteroatoms. The van der Waals surface area contributed by atoms with Crippen LogP contribution >= 0.6 is 11.6 Å². The molecule has 1 aromatic rings. The van der Waals surface area contributed by atoms with E-state index < -0.39 is 6.10 Å². The van der Waals surface area contributed by atoms with E-state index in [1.54, 1.807) is 19.1 Å². The summed E-state index contributed by atoms with van der Waals surface area (Å²) in [7, 11) is 0. The first-order valence-electron chi connectivity index (χ1n) is 4.25. The molecule has 0 bridgehead atoms. The lowest BCUT2D eigenvalue weighted by molar-refractivity contribution is 0.199. The van der Waals surface area contributed by atoms with Crippen LogP contribution in [-0.4, -0.2) is 11.7 Å². The molecule has 0 spiro atoms. The molecule has 0 fully saturated rings. The van der Waals surface area contributed by atoms with E-state index >= 15 is 0 Å². The van der Waals surface area contributed by atoms with Crippen molar-refractivity contribution in [1.29, 1.82) is 0 Å². The molecular formula is C10H13ClO2. The van der Waals surface area contributed by atoms with Crippen LogP contribution in [0, 0.1) is 0 Å². The van der Waals surface area contributed by atoms with Gasteiger partial charge in [0.05, 0.1) is 17.7 Å². The minimum atomic E-state index is -0.492. The van der Waals surface area contributed by atoms with E-state index in [9.17, 15) is 5.11 Å². The Balaban J connectivity index is 2.92. The number of hydrogen-bond acceptors (Lipinski definition) is 2. The third kappa shape index (κ3) is 2.61. The van der Waals surface area contributed by atoms with Gasteiger partial charge < -0.3 is 9.84 Å². The number of benzene rings is 1. The van der Waals surface area contributed by atoms with Crippen molar-refractivity contribution in [3.05, 3.63) is 28.8 Å². The van der Waals surface area contributed by atoms with Crippen molar-refractivity contribution >= 4 is 11.6 Å². The summed E-state index contributed by atoms with van der Waals surface area (Å²) >= 11 is 5.92. The summed E-state index contributed by atoms with van der Waals surface area (Å²) in [6.07, 6.45) is -0.492. The summed E-state index contributed by atoms with van der Waals surface area (Å²) < 4.78 is 5.26. The Bertz CT molecular complexity index is 284. The minimum absolute atomic E-state index is 0.492. The van der Waals surface area contributed by atoms with Crippen LogP contribution in [0.15, 0.2) is 18.2 Å². The second-order valence-electron chi connectivity index (χ2n) is 2.80. The molecule has 0 amide bonds. The first-order valence-corrected chi connectivity index (χ1v) is 4.63. The smallest absolute Gasteiger partial charge is 0.137 e. The van der Waals surface area contributed by atoms with Crippen LogP contribution in [0.25, 0.3) is 0 Å². The fourth-order valence-electron chi connectivity index (χ4n) is 1.05. The Morgan fingerprint density at radius 2 is 2.23 bits per heavy atom. The average Bonchev–Trinajstić information content (AvgIpc) is 2.08. The van der Waals surface area contributed by atoms with Crippen LogP contribution in [0.3, 0.4) is 0 Å². The van der Waals surface area contributed by atoms with Crippen LogP contribution in [0.5, 0.6) is 5.75 Å². The Kier molecular flexibility index (Phi) is 3.58. The number of aliphatic hydroxyl groups excluding tert-OH is 1. The lowest BCUT2D eigenvalue weighted by Crippen LogP contribution is -1.95. The fourth-order valence-corrected chi connectivity index (χ4v) is 1.29. The largest absolute Gasteiger partial charge is 0.492 e. The zero-order valence-electron chi connectivity index (χ0n) is 7.75. The summed E-state index contributed by atoms with van der Waals surface area (Å²) in [4.78, 5) is 0. The molecule has 1 aromatic carbocycles. The van der Waals surface area contributed by atoms with Crippen LogP contribution in [0.4, 0.5) is 0 Å². The highest BCUT2D eigenvalue weighted by Gasteiger charge is 2.05. The number of hydrogen-bond donors (Lipinski definition) is 1. The van der Waals surface area contributed by atoms with Gasteiger partial charge in [0.1, 0.15) is 5.75 Å². The summed E-state index contributed by atoms with van der Waals surface area (Å²) in [5.41, 5.74) is 0.799. The highest BCUT2D eigenvalue weighted by Crippen LogP contribution is 2.27. The molecule has 1 atom stereocenters. The zero-order chi connectivity index (χ0) is 9.84. The minimum Gasteiger partial charge on any atom is -0.492 e. The van der Waals surface area contributed by atoms with Gasteiger partial charge in [0.25, 0.3) is 0 Å². The van der Waals surface area contributed by atoms with Gasteiger partial charge in [-0.15, -0.1) is 0 Å². The second kappa shape index (κ2) is 4.49. The van der Waals surface area contributed by atoms with Gasteiger partial charge in [0.15, 0.2) is 0 Å². The highest BCUT2D eigenvalue weighted by molar-refractivity contribution is 6.32. The third-order valence-corrected chi connectivity index (χ3v) is 2.03. The summed E-state index contributed by atoms with van der Waals surface area (Å²) in [5, 5.41) is 9.81. The Hall–Kier alpha value is -0.730. The maximum atomic E-state index is 9.27. The first kappa shape index (κ1) is 10.4. The van der Waals surface area contributed by atoms with Gasteiger partial charge in [-0.1, -0.05) is 17.7 Å². The summed E-state index contributed by atoms with van der Waals surface area (Å²) in [6.45, 7) is 4.19. The molecule has 13 heavy (non-hydrogen) atoms. The molecule has 1 rings (SSSR count). The average molecular weight is 201 g/mol. The molecule has 0 saturated carbocycles. The molecule has 0 aliphatic carbocycles. The predicted octanol–water partition coefficient (Wildman–Crippen LogP) is 2.79. The van der Waals surface area contributed by atoms with Crippen molar-refractivity contribution in [3.63, 3.8) is 0 Å². The molecule has 1 N–H and O–H groups in total. The van der Waals surface area contributed by atoms with Crippen molar-refractivity contribution in [3.8, 4) is 5.75 Å². The number of aliphatic hydroxyl groups is 1. The molecule has 0 saturated heterocycles. The van der Waals surface area contributed by atoms with Gasteiger partial charge in [0.2, 0.25) is 0 Å². The van der Waals surface area contributed by atoms with Crippen molar-refractivity contribution in [2.24, 2.45) is 0 Å². The first-order chi connectivity index (χ1) is 6.15. The van der Waals surface area contributed by atoms with E-state index in [4.69, 9.17) is 16.3 Å². The van der Waals surface area contributed by atoms with Crippen molar-refractivity contribution < 1.29 is 9.84 Å². The molecule has 0 radical (unpaired) electrons.